The maximum atomic E-state index is 13.8. The molecule has 37 heavy (non-hydrogen) atoms. The van der Waals surface area contributed by atoms with Gasteiger partial charge in [0.05, 0.1) is 4.92 Å². The number of nitrogens with one attached hydrogen (secondary N) is 1. The van der Waals surface area contributed by atoms with Gasteiger partial charge in [0.1, 0.15) is 5.82 Å². The molecule has 0 fully saturated rings. The lowest BCUT2D eigenvalue weighted by Crippen LogP contribution is -2.26. The number of carbonyl (C=O) groups excluding carboxylic acids is 1. The first-order chi connectivity index (χ1) is 18.0. The van der Waals surface area contributed by atoms with Crippen molar-refractivity contribution < 1.29 is 14.1 Å². The number of hydrogen-bond acceptors (Lipinski definition) is 3. The summed E-state index contributed by atoms with van der Waals surface area (Å²) in [4.78, 5) is 24.2. The van der Waals surface area contributed by atoms with Crippen LogP contribution in [0, 0.1) is 15.9 Å². The van der Waals surface area contributed by atoms with Crippen molar-refractivity contribution in [3.8, 4) is 0 Å². The Hall–Kier alpha value is -4.00. The van der Waals surface area contributed by atoms with Crippen LogP contribution in [0.3, 0.4) is 0 Å². The summed E-state index contributed by atoms with van der Waals surface area (Å²) in [5, 5.41) is 15.3. The van der Waals surface area contributed by atoms with Crippen LogP contribution in [-0.2, 0) is 11.3 Å². The van der Waals surface area contributed by atoms with Crippen molar-refractivity contribution in [2.45, 2.75) is 51.5 Å². The average Bonchev–Trinajstić information content (AvgIpc) is 3.25. The third-order valence-electron chi connectivity index (χ3n) is 6.69. The van der Waals surface area contributed by atoms with Gasteiger partial charge >= 0.3 is 0 Å². The molecular formula is C30H32FN3O3. The van der Waals surface area contributed by atoms with Gasteiger partial charge in [-0.1, -0.05) is 68.7 Å². The Kier molecular flexibility index (Phi) is 8.67. The number of nitrogens with zero attached hydrogens (tertiary/aromatic N) is 2. The highest BCUT2D eigenvalue weighted by Crippen LogP contribution is 2.37. The SMILES string of the molecule is CCCCCCNC(=O)C[C@@H](c1ccc(F)cc1)c1cn(Cc2ccccc2)c2ccc([N+](=O)[O-])cc12. The molecule has 4 rings (SSSR count). The van der Waals surface area contributed by atoms with Crippen molar-refractivity contribution in [2.75, 3.05) is 6.54 Å². The molecule has 0 saturated heterocycles. The molecule has 0 bridgehead atoms. The summed E-state index contributed by atoms with van der Waals surface area (Å²) in [5.74, 6) is -0.844. The van der Waals surface area contributed by atoms with Crippen LogP contribution in [0.4, 0.5) is 10.1 Å². The monoisotopic (exact) mass is 501 g/mol. The lowest BCUT2D eigenvalue weighted by Gasteiger charge is -2.17. The van der Waals surface area contributed by atoms with E-state index in [0.29, 0.717) is 13.1 Å². The fourth-order valence-corrected chi connectivity index (χ4v) is 4.75. The zero-order valence-corrected chi connectivity index (χ0v) is 21.0. The Balaban J connectivity index is 1.74. The van der Waals surface area contributed by atoms with Crippen LogP contribution >= 0.6 is 0 Å². The van der Waals surface area contributed by atoms with E-state index >= 15 is 0 Å². The average molecular weight is 502 g/mol. The molecule has 3 aromatic carbocycles. The molecule has 0 spiro atoms. The fourth-order valence-electron chi connectivity index (χ4n) is 4.75. The number of hydrogen-bond donors (Lipinski definition) is 1. The van der Waals surface area contributed by atoms with E-state index in [1.54, 1.807) is 24.3 Å². The first-order valence-corrected chi connectivity index (χ1v) is 12.8. The van der Waals surface area contributed by atoms with Gasteiger partial charge in [0.25, 0.3) is 5.69 Å². The molecule has 0 saturated carbocycles. The molecule has 1 atom stereocenters. The van der Waals surface area contributed by atoms with E-state index in [1.807, 2.05) is 36.5 Å². The third-order valence-corrected chi connectivity index (χ3v) is 6.69. The van der Waals surface area contributed by atoms with Gasteiger partial charge in [-0.3, -0.25) is 14.9 Å². The summed E-state index contributed by atoms with van der Waals surface area (Å²) >= 11 is 0. The second-order valence-electron chi connectivity index (χ2n) is 9.38. The summed E-state index contributed by atoms with van der Waals surface area (Å²) in [6, 6.07) is 20.9. The molecule has 4 aromatic rings. The molecule has 0 unspecified atom stereocenters. The van der Waals surface area contributed by atoms with E-state index in [9.17, 15) is 19.3 Å². The van der Waals surface area contributed by atoms with Gasteiger partial charge < -0.3 is 9.88 Å². The lowest BCUT2D eigenvalue weighted by molar-refractivity contribution is -0.384. The molecule has 0 radical (unpaired) electrons. The quantitative estimate of drug-likeness (QED) is 0.130. The summed E-state index contributed by atoms with van der Waals surface area (Å²) < 4.78 is 15.8. The minimum absolute atomic E-state index is 0.00978. The molecule has 1 heterocycles. The van der Waals surface area contributed by atoms with Crippen molar-refractivity contribution >= 4 is 22.5 Å². The van der Waals surface area contributed by atoms with Crippen molar-refractivity contribution in [2.24, 2.45) is 0 Å². The lowest BCUT2D eigenvalue weighted by atomic mass is 9.88. The number of rotatable bonds is 12. The molecule has 6 nitrogen and oxygen atoms in total. The van der Waals surface area contributed by atoms with E-state index in [1.165, 1.54) is 18.2 Å². The second-order valence-corrected chi connectivity index (χ2v) is 9.38. The van der Waals surface area contributed by atoms with Crippen LogP contribution in [0.1, 0.15) is 61.6 Å². The standard InChI is InChI=1S/C30H32FN3O3/c1-2-3-4-8-17-32-30(35)19-26(23-11-13-24(31)14-12-23)28-21-33(20-22-9-6-5-7-10-22)29-16-15-25(34(36)37)18-27(28)29/h5-7,9-16,18,21,26H,2-4,8,17,19-20H2,1H3,(H,32,35)/t26-/m0/s1. The largest absolute Gasteiger partial charge is 0.356 e. The predicted molar refractivity (Wildman–Crippen MR) is 144 cm³/mol. The molecule has 192 valence electrons. The van der Waals surface area contributed by atoms with Gasteiger partial charge in [-0.15, -0.1) is 0 Å². The van der Waals surface area contributed by atoms with Gasteiger partial charge in [0.15, 0.2) is 0 Å². The molecule has 0 aliphatic rings. The van der Waals surface area contributed by atoms with E-state index in [4.69, 9.17) is 0 Å². The smallest absolute Gasteiger partial charge is 0.270 e. The normalized spacial score (nSPS) is 11.9. The maximum Gasteiger partial charge on any atom is 0.270 e. The van der Waals surface area contributed by atoms with Crippen molar-refractivity contribution in [1.29, 1.82) is 0 Å². The van der Waals surface area contributed by atoms with Crippen molar-refractivity contribution in [3.63, 3.8) is 0 Å². The number of amides is 1. The topological polar surface area (TPSA) is 77.2 Å². The number of benzene rings is 3. The third kappa shape index (κ3) is 6.61. The van der Waals surface area contributed by atoms with Crippen molar-refractivity contribution in [3.05, 3.63) is 112 Å². The Labute approximate surface area is 216 Å². The van der Waals surface area contributed by atoms with Gasteiger partial charge in [0, 0.05) is 54.7 Å². The Bertz CT molecular complexity index is 1350. The minimum atomic E-state index is -0.409. The van der Waals surface area contributed by atoms with Gasteiger partial charge in [-0.2, -0.15) is 0 Å². The molecule has 1 amide bonds. The molecule has 1 N–H and O–H groups in total. The summed E-state index contributed by atoms with van der Waals surface area (Å²) in [5.41, 5.74) is 3.52. The number of unbranched alkanes of at least 4 members (excludes halogenated alkanes) is 3. The van der Waals surface area contributed by atoms with Crippen LogP contribution < -0.4 is 5.32 Å². The number of nitro benzene ring substituents is 1. The first kappa shape index (κ1) is 26.1. The fraction of sp³-hybridized carbons (Fsp3) is 0.300. The highest BCUT2D eigenvalue weighted by molar-refractivity contribution is 5.88. The van der Waals surface area contributed by atoms with Crippen molar-refractivity contribution in [1.82, 2.24) is 9.88 Å². The van der Waals surface area contributed by atoms with Crippen LogP contribution in [0.25, 0.3) is 10.9 Å². The summed E-state index contributed by atoms with van der Waals surface area (Å²) in [7, 11) is 0. The highest BCUT2D eigenvalue weighted by Gasteiger charge is 2.24. The first-order valence-electron chi connectivity index (χ1n) is 12.8. The van der Waals surface area contributed by atoms with Gasteiger partial charge in [-0.05, 0) is 41.3 Å². The number of fused-ring (bicyclic) bond motifs is 1. The number of aromatic nitrogens is 1. The number of non-ortho nitro benzene ring substituents is 1. The van der Waals surface area contributed by atoms with Gasteiger partial charge in [-0.25, -0.2) is 4.39 Å². The summed E-state index contributed by atoms with van der Waals surface area (Å²) in [6.45, 7) is 3.33. The van der Waals surface area contributed by atoms with Gasteiger partial charge in [0.2, 0.25) is 5.91 Å². The Morgan fingerprint density at radius 2 is 1.78 bits per heavy atom. The molecule has 1 aromatic heterocycles. The zero-order chi connectivity index (χ0) is 26.2. The number of nitro groups is 1. The summed E-state index contributed by atoms with van der Waals surface area (Å²) in [6.07, 6.45) is 6.38. The minimum Gasteiger partial charge on any atom is -0.356 e. The maximum absolute atomic E-state index is 13.8. The zero-order valence-electron chi connectivity index (χ0n) is 21.0. The Morgan fingerprint density at radius 3 is 2.49 bits per heavy atom. The second kappa shape index (κ2) is 12.3. The van der Waals surface area contributed by atoms with E-state index < -0.39 is 10.8 Å². The molecule has 0 aliphatic heterocycles. The molecule has 0 aliphatic carbocycles. The molecule has 7 heteroatoms. The number of halogens is 1. The van der Waals surface area contributed by atoms with Crippen LogP contribution in [0.5, 0.6) is 0 Å². The Morgan fingerprint density at radius 1 is 1.03 bits per heavy atom. The van der Waals surface area contributed by atoms with Crippen LogP contribution in [0.15, 0.2) is 79.0 Å². The van der Waals surface area contributed by atoms with Crippen LogP contribution in [0.2, 0.25) is 0 Å². The predicted octanol–water partition coefficient (Wildman–Crippen LogP) is 6.96. The molecular weight excluding hydrogens is 469 g/mol. The van der Waals surface area contributed by atoms with E-state index in [-0.39, 0.29) is 23.8 Å². The number of carbonyl (C=O) groups is 1. The van der Waals surface area contributed by atoms with E-state index in [2.05, 4.69) is 16.8 Å². The highest BCUT2D eigenvalue weighted by atomic mass is 19.1. The van der Waals surface area contributed by atoms with E-state index in [0.717, 1.165) is 53.3 Å². The van der Waals surface area contributed by atoms with Crippen LogP contribution in [-0.4, -0.2) is 21.9 Å².